The summed E-state index contributed by atoms with van der Waals surface area (Å²) < 4.78 is 5.23. The van der Waals surface area contributed by atoms with Crippen molar-refractivity contribution >= 4 is 5.97 Å². The Hall–Kier alpha value is -1.35. The summed E-state index contributed by atoms with van der Waals surface area (Å²) in [6.07, 6.45) is 0. The number of hydrogen-bond acceptors (Lipinski definition) is 3. The van der Waals surface area contributed by atoms with Gasteiger partial charge in [0.1, 0.15) is 11.6 Å². The second kappa shape index (κ2) is 4.66. The maximum Gasteiger partial charge on any atom is 0.328 e. The Morgan fingerprint density at radius 2 is 2.00 bits per heavy atom. The van der Waals surface area contributed by atoms with Gasteiger partial charge in [-0.3, -0.25) is 0 Å². The van der Waals surface area contributed by atoms with Gasteiger partial charge in [0.15, 0.2) is 0 Å². The molecule has 0 saturated heterocycles. The minimum Gasteiger partial charge on any atom is -0.459 e. The second-order valence-corrected chi connectivity index (χ2v) is 4.93. The molecule has 0 aliphatic rings. The van der Waals surface area contributed by atoms with Crippen molar-refractivity contribution < 1.29 is 9.53 Å². The number of benzene rings is 1. The van der Waals surface area contributed by atoms with Crippen molar-refractivity contribution in [1.82, 2.24) is 0 Å². The molecule has 0 amide bonds. The predicted molar refractivity (Wildman–Crippen MR) is 64.0 cm³/mol. The lowest BCUT2D eigenvalue weighted by Crippen LogP contribution is -2.31. The molecule has 0 saturated carbocycles. The standard InChI is InChI=1S/C13H19NO2/c1-9-6-5-7-10(8-9)11(14)12(15)16-13(2,3)4/h5-8,11H,14H2,1-4H3. The van der Waals surface area contributed by atoms with E-state index >= 15 is 0 Å². The highest BCUT2D eigenvalue weighted by Gasteiger charge is 2.23. The Balaban J connectivity index is 2.78. The smallest absolute Gasteiger partial charge is 0.328 e. The van der Waals surface area contributed by atoms with E-state index in [4.69, 9.17) is 10.5 Å². The van der Waals surface area contributed by atoms with Crippen molar-refractivity contribution in [2.24, 2.45) is 5.73 Å². The van der Waals surface area contributed by atoms with Crippen LogP contribution in [0.4, 0.5) is 0 Å². The first-order chi connectivity index (χ1) is 7.29. The highest BCUT2D eigenvalue weighted by molar-refractivity contribution is 5.77. The van der Waals surface area contributed by atoms with Crippen LogP contribution in [0.15, 0.2) is 24.3 Å². The number of esters is 1. The van der Waals surface area contributed by atoms with E-state index in [0.717, 1.165) is 11.1 Å². The maximum atomic E-state index is 11.7. The molecule has 1 aromatic carbocycles. The van der Waals surface area contributed by atoms with E-state index in [0.29, 0.717) is 0 Å². The largest absolute Gasteiger partial charge is 0.459 e. The fourth-order valence-electron chi connectivity index (χ4n) is 1.36. The zero-order chi connectivity index (χ0) is 12.3. The maximum absolute atomic E-state index is 11.7. The van der Waals surface area contributed by atoms with Gasteiger partial charge >= 0.3 is 5.97 Å². The van der Waals surface area contributed by atoms with E-state index in [1.54, 1.807) is 0 Å². The third-order valence-electron chi connectivity index (χ3n) is 2.06. The van der Waals surface area contributed by atoms with E-state index in [1.165, 1.54) is 0 Å². The van der Waals surface area contributed by atoms with Crippen LogP contribution in [0.25, 0.3) is 0 Å². The molecule has 1 rings (SSSR count). The van der Waals surface area contributed by atoms with Gasteiger partial charge in [0.25, 0.3) is 0 Å². The molecule has 3 heteroatoms. The molecule has 1 aromatic rings. The van der Waals surface area contributed by atoms with Crippen LogP contribution >= 0.6 is 0 Å². The number of aryl methyl sites for hydroxylation is 1. The minimum atomic E-state index is -0.709. The van der Waals surface area contributed by atoms with Gasteiger partial charge in [-0.15, -0.1) is 0 Å². The molecule has 16 heavy (non-hydrogen) atoms. The number of carbonyl (C=O) groups excluding carboxylic acids is 1. The molecule has 0 bridgehead atoms. The number of carbonyl (C=O) groups is 1. The Bertz CT molecular complexity index is 380. The molecule has 2 N–H and O–H groups in total. The van der Waals surface area contributed by atoms with Crippen LogP contribution in [-0.4, -0.2) is 11.6 Å². The molecule has 0 fully saturated rings. The highest BCUT2D eigenvalue weighted by Crippen LogP contribution is 2.17. The first-order valence-electron chi connectivity index (χ1n) is 5.34. The SMILES string of the molecule is Cc1cccc(C(N)C(=O)OC(C)(C)C)c1. The first kappa shape index (κ1) is 12.7. The normalized spacial score (nSPS) is 13.3. The quantitative estimate of drug-likeness (QED) is 0.780. The number of hydrogen-bond donors (Lipinski definition) is 1. The summed E-state index contributed by atoms with van der Waals surface area (Å²) in [4.78, 5) is 11.7. The van der Waals surface area contributed by atoms with Crippen LogP contribution < -0.4 is 5.73 Å². The van der Waals surface area contributed by atoms with Crippen molar-refractivity contribution in [3.63, 3.8) is 0 Å². The van der Waals surface area contributed by atoms with Gasteiger partial charge in [-0.25, -0.2) is 4.79 Å². The predicted octanol–water partition coefficient (Wildman–Crippen LogP) is 2.34. The molecular formula is C13H19NO2. The van der Waals surface area contributed by atoms with Crippen LogP contribution in [-0.2, 0) is 9.53 Å². The Morgan fingerprint density at radius 3 is 2.50 bits per heavy atom. The van der Waals surface area contributed by atoms with Gasteiger partial charge in [-0.2, -0.15) is 0 Å². The van der Waals surface area contributed by atoms with Crippen molar-refractivity contribution in [2.75, 3.05) is 0 Å². The molecular weight excluding hydrogens is 202 g/mol. The number of rotatable bonds is 2. The summed E-state index contributed by atoms with van der Waals surface area (Å²) in [5.74, 6) is -0.391. The Labute approximate surface area is 96.6 Å². The molecule has 88 valence electrons. The summed E-state index contributed by atoms with van der Waals surface area (Å²) >= 11 is 0. The van der Waals surface area contributed by atoms with E-state index in [9.17, 15) is 4.79 Å². The van der Waals surface area contributed by atoms with Crippen LogP contribution in [0.2, 0.25) is 0 Å². The molecule has 3 nitrogen and oxygen atoms in total. The number of ether oxygens (including phenoxy) is 1. The highest BCUT2D eigenvalue weighted by atomic mass is 16.6. The van der Waals surface area contributed by atoms with Gasteiger partial charge < -0.3 is 10.5 Å². The molecule has 0 spiro atoms. The summed E-state index contributed by atoms with van der Waals surface area (Å²) in [5.41, 5.74) is 7.21. The molecule has 0 aromatic heterocycles. The van der Waals surface area contributed by atoms with E-state index in [1.807, 2.05) is 52.0 Å². The van der Waals surface area contributed by atoms with Gasteiger partial charge in [0.2, 0.25) is 0 Å². The topological polar surface area (TPSA) is 52.3 Å². The lowest BCUT2D eigenvalue weighted by Gasteiger charge is -2.22. The first-order valence-corrected chi connectivity index (χ1v) is 5.34. The fraction of sp³-hybridized carbons (Fsp3) is 0.462. The molecule has 0 aliphatic carbocycles. The average Bonchev–Trinajstić information content (AvgIpc) is 2.14. The molecule has 1 unspecified atom stereocenters. The molecule has 1 atom stereocenters. The summed E-state index contributed by atoms with van der Waals surface area (Å²) in [6, 6.07) is 6.87. The van der Waals surface area contributed by atoms with Gasteiger partial charge in [0, 0.05) is 0 Å². The lowest BCUT2D eigenvalue weighted by molar-refractivity contribution is -0.156. The third-order valence-corrected chi connectivity index (χ3v) is 2.06. The van der Waals surface area contributed by atoms with Crippen LogP contribution in [0.3, 0.4) is 0 Å². The van der Waals surface area contributed by atoms with Gasteiger partial charge in [0.05, 0.1) is 0 Å². The molecule has 0 radical (unpaired) electrons. The van der Waals surface area contributed by atoms with Gasteiger partial charge in [-0.05, 0) is 33.3 Å². The van der Waals surface area contributed by atoms with Crippen LogP contribution in [0, 0.1) is 6.92 Å². The van der Waals surface area contributed by atoms with Gasteiger partial charge in [-0.1, -0.05) is 29.8 Å². The van der Waals surface area contributed by atoms with Crippen molar-refractivity contribution in [3.8, 4) is 0 Å². The Kier molecular flexibility index (Phi) is 3.70. The second-order valence-electron chi connectivity index (χ2n) is 4.93. The van der Waals surface area contributed by atoms with Crippen LogP contribution in [0.5, 0.6) is 0 Å². The monoisotopic (exact) mass is 221 g/mol. The number of nitrogens with two attached hydrogens (primary N) is 1. The average molecular weight is 221 g/mol. The molecule has 0 heterocycles. The van der Waals surface area contributed by atoms with E-state index in [-0.39, 0.29) is 0 Å². The zero-order valence-corrected chi connectivity index (χ0v) is 10.3. The van der Waals surface area contributed by atoms with Crippen molar-refractivity contribution in [1.29, 1.82) is 0 Å². The van der Waals surface area contributed by atoms with E-state index < -0.39 is 17.6 Å². The third kappa shape index (κ3) is 3.66. The Morgan fingerprint density at radius 1 is 1.38 bits per heavy atom. The lowest BCUT2D eigenvalue weighted by atomic mass is 10.1. The van der Waals surface area contributed by atoms with Crippen molar-refractivity contribution in [2.45, 2.75) is 39.3 Å². The zero-order valence-electron chi connectivity index (χ0n) is 10.3. The summed E-state index contributed by atoms with van der Waals surface area (Å²) in [7, 11) is 0. The van der Waals surface area contributed by atoms with Crippen LogP contribution in [0.1, 0.15) is 37.9 Å². The molecule has 0 aliphatic heterocycles. The van der Waals surface area contributed by atoms with Crippen molar-refractivity contribution in [3.05, 3.63) is 35.4 Å². The van der Waals surface area contributed by atoms with E-state index in [2.05, 4.69) is 0 Å². The summed E-state index contributed by atoms with van der Waals surface area (Å²) in [5, 5.41) is 0. The fourth-order valence-corrected chi connectivity index (χ4v) is 1.36. The minimum absolute atomic E-state index is 0.391. The summed E-state index contributed by atoms with van der Waals surface area (Å²) in [6.45, 7) is 7.45.